The van der Waals surface area contributed by atoms with Gasteiger partial charge in [-0.05, 0) is 42.4 Å². The molecule has 3 nitrogen and oxygen atoms in total. The van der Waals surface area contributed by atoms with Crippen LogP contribution in [0, 0.1) is 22.7 Å². The van der Waals surface area contributed by atoms with Gasteiger partial charge in [0.2, 0.25) is 0 Å². The molecule has 1 heterocycles. The Balaban J connectivity index is 1.75. The SMILES string of the molecule is C=C=C(NCC1=NCC(Cc2ccccc2)(C(=C=C)C=C)C1)c1ccc(CC(C)C)c(C#N)c1. The van der Waals surface area contributed by atoms with Crippen LogP contribution >= 0.6 is 0 Å². The third-order valence-electron chi connectivity index (χ3n) is 6.29. The summed E-state index contributed by atoms with van der Waals surface area (Å²) in [4.78, 5) is 4.89. The lowest BCUT2D eigenvalue weighted by Crippen LogP contribution is -2.29. The topological polar surface area (TPSA) is 48.2 Å². The maximum Gasteiger partial charge on any atom is 0.0994 e. The van der Waals surface area contributed by atoms with Gasteiger partial charge in [0.05, 0.1) is 23.9 Å². The summed E-state index contributed by atoms with van der Waals surface area (Å²) in [7, 11) is 0. The quantitative estimate of drug-likeness (QED) is 0.336. The zero-order valence-corrected chi connectivity index (χ0v) is 20.3. The Morgan fingerprint density at radius 3 is 2.56 bits per heavy atom. The average Bonchev–Trinajstić information content (AvgIpc) is 3.24. The van der Waals surface area contributed by atoms with Crippen molar-refractivity contribution in [2.75, 3.05) is 13.1 Å². The highest BCUT2D eigenvalue weighted by molar-refractivity contribution is 5.90. The lowest BCUT2D eigenvalue weighted by molar-refractivity contribution is 0.412. The number of benzene rings is 2. The van der Waals surface area contributed by atoms with Crippen molar-refractivity contribution in [3.05, 3.63) is 114 Å². The van der Waals surface area contributed by atoms with Gasteiger partial charge in [0.25, 0.3) is 0 Å². The number of hydrogen-bond acceptors (Lipinski definition) is 3. The molecule has 1 unspecified atom stereocenters. The molecule has 3 heteroatoms. The van der Waals surface area contributed by atoms with Crippen LogP contribution in [0.15, 0.2) is 96.4 Å². The van der Waals surface area contributed by atoms with Crippen LogP contribution in [0.5, 0.6) is 0 Å². The minimum Gasteiger partial charge on any atom is -0.373 e. The van der Waals surface area contributed by atoms with Crippen LogP contribution in [-0.2, 0) is 12.8 Å². The summed E-state index contributed by atoms with van der Waals surface area (Å²) < 4.78 is 0. The van der Waals surface area contributed by atoms with Gasteiger partial charge in [0.1, 0.15) is 0 Å². The average molecular weight is 448 g/mol. The molecule has 1 N–H and O–H groups in total. The number of nitrogens with zero attached hydrogens (tertiary/aromatic N) is 2. The monoisotopic (exact) mass is 447 g/mol. The van der Waals surface area contributed by atoms with Crippen molar-refractivity contribution in [3.8, 4) is 6.07 Å². The molecular formula is C31H33N3. The van der Waals surface area contributed by atoms with Crippen molar-refractivity contribution >= 4 is 11.4 Å². The second-order valence-electron chi connectivity index (χ2n) is 9.28. The Labute approximate surface area is 204 Å². The van der Waals surface area contributed by atoms with Gasteiger partial charge in [-0.2, -0.15) is 5.26 Å². The zero-order valence-electron chi connectivity index (χ0n) is 20.3. The molecule has 0 aliphatic carbocycles. The lowest BCUT2D eigenvalue weighted by atomic mass is 9.73. The molecule has 0 spiro atoms. The molecule has 0 fully saturated rings. The van der Waals surface area contributed by atoms with Crippen LogP contribution < -0.4 is 5.32 Å². The Kier molecular flexibility index (Phi) is 8.29. The molecule has 0 radical (unpaired) electrons. The third kappa shape index (κ3) is 5.75. The van der Waals surface area contributed by atoms with E-state index in [0.717, 1.165) is 47.4 Å². The minimum atomic E-state index is -0.188. The summed E-state index contributed by atoms with van der Waals surface area (Å²) in [5.41, 5.74) is 12.7. The number of rotatable bonds is 10. The zero-order chi connectivity index (χ0) is 24.6. The van der Waals surface area contributed by atoms with E-state index in [1.165, 1.54) is 5.56 Å². The van der Waals surface area contributed by atoms with Crippen LogP contribution in [0.25, 0.3) is 5.70 Å². The minimum absolute atomic E-state index is 0.188. The standard InChI is InChI=1S/C31H33N3/c1-6-28(7-2)31(18-24-12-10-9-11-13-24)19-29(34-22-31)21-33-30(8-3)26-15-14-25(16-23(4)5)27(17-26)20-32/h6,9-15,17,23,33H,1-3,16,18-19,21-22H2,4-5H3. The van der Waals surface area contributed by atoms with Crippen LogP contribution in [0.3, 0.4) is 0 Å². The second kappa shape index (κ2) is 11.4. The summed E-state index contributed by atoms with van der Waals surface area (Å²) in [6.45, 7) is 17.4. The fraction of sp³-hybridized carbons (Fsp3) is 0.290. The van der Waals surface area contributed by atoms with Gasteiger partial charge in [0, 0.05) is 28.8 Å². The third-order valence-corrected chi connectivity index (χ3v) is 6.29. The number of allylic oxidation sites excluding steroid dienone is 1. The number of aliphatic imine (C=N–C) groups is 1. The van der Waals surface area contributed by atoms with Crippen molar-refractivity contribution < 1.29 is 0 Å². The number of nitrogens with one attached hydrogen (secondary N) is 1. The Morgan fingerprint density at radius 1 is 1.18 bits per heavy atom. The van der Waals surface area contributed by atoms with Gasteiger partial charge in [-0.15, -0.1) is 11.5 Å². The summed E-state index contributed by atoms with van der Waals surface area (Å²) in [5.74, 6) is 0.493. The van der Waals surface area contributed by atoms with Gasteiger partial charge in [0.15, 0.2) is 0 Å². The van der Waals surface area contributed by atoms with Crippen molar-refractivity contribution in [3.63, 3.8) is 0 Å². The smallest absolute Gasteiger partial charge is 0.0994 e. The summed E-state index contributed by atoms with van der Waals surface area (Å²) in [6, 6.07) is 18.8. The summed E-state index contributed by atoms with van der Waals surface area (Å²) in [6.07, 6.45) is 4.41. The van der Waals surface area contributed by atoms with Crippen molar-refractivity contribution in [1.82, 2.24) is 5.32 Å². The molecule has 1 atom stereocenters. The van der Waals surface area contributed by atoms with Crippen molar-refractivity contribution in [2.45, 2.75) is 33.1 Å². The highest BCUT2D eigenvalue weighted by Gasteiger charge is 2.38. The Hall–Kier alpha value is -3.82. The van der Waals surface area contributed by atoms with Gasteiger partial charge in [-0.3, -0.25) is 4.99 Å². The second-order valence-corrected chi connectivity index (χ2v) is 9.28. The van der Waals surface area contributed by atoms with Crippen molar-refractivity contribution in [1.29, 1.82) is 5.26 Å². The molecular weight excluding hydrogens is 414 g/mol. The van der Waals surface area contributed by atoms with Crippen LogP contribution in [0.1, 0.15) is 42.5 Å². The fourth-order valence-electron chi connectivity index (χ4n) is 4.65. The molecule has 1 aliphatic rings. The van der Waals surface area contributed by atoms with Crippen molar-refractivity contribution in [2.24, 2.45) is 16.3 Å². The van der Waals surface area contributed by atoms with E-state index in [2.05, 4.69) is 80.7 Å². The van der Waals surface area contributed by atoms with E-state index in [1.54, 1.807) is 0 Å². The maximum atomic E-state index is 9.63. The molecule has 172 valence electrons. The Morgan fingerprint density at radius 2 is 1.94 bits per heavy atom. The predicted molar refractivity (Wildman–Crippen MR) is 143 cm³/mol. The molecule has 0 saturated carbocycles. The van der Waals surface area contributed by atoms with E-state index in [0.29, 0.717) is 24.6 Å². The molecule has 2 aromatic carbocycles. The van der Waals surface area contributed by atoms with Gasteiger partial charge >= 0.3 is 0 Å². The molecule has 2 aromatic rings. The molecule has 1 aliphatic heterocycles. The molecule has 0 saturated heterocycles. The molecule has 0 amide bonds. The van der Waals surface area contributed by atoms with Gasteiger partial charge < -0.3 is 5.32 Å². The van der Waals surface area contributed by atoms with E-state index < -0.39 is 0 Å². The van der Waals surface area contributed by atoms with Crippen LogP contribution in [-0.4, -0.2) is 18.8 Å². The predicted octanol–water partition coefficient (Wildman–Crippen LogP) is 6.44. The van der Waals surface area contributed by atoms with E-state index in [9.17, 15) is 5.26 Å². The first kappa shape index (κ1) is 24.8. The van der Waals surface area contributed by atoms with Crippen LogP contribution in [0.2, 0.25) is 0 Å². The first-order valence-corrected chi connectivity index (χ1v) is 11.7. The normalized spacial score (nSPS) is 16.7. The molecule has 0 bridgehead atoms. The highest BCUT2D eigenvalue weighted by Crippen LogP contribution is 2.40. The largest absolute Gasteiger partial charge is 0.373 e. The molecule has 0 aromatic heterocycles. The van der Waals surface area contributed by atoms with E-state index in [4.69, 9.17) is 4.99 Å². The van der Waals surface area contributed by atoms with Crippen LogP contribution in [0.4, 0.5) is 0 Å². The molecule has 34 heavy (non-hydrogen) atoms. The van der Waals surface area contributed by atoms with Gasteiger partial charge in [-0.25, -0.2) is 0 Å². The molecule has 3 rings (SSSR count). The maximum absolute atomic E-state index is 9.63. The first-order chi connectivity index (χ1) is 16.4. The van der Waals surface area contributed by atoms with E-state index in [1.807, 2.05) is 30.3 Å². The first-order valence-electron chi connectivity index (χ1n) is 11.7. The highest BCUT2D eigenvalue weighted by atomic mass is 14.9. The van der Waals surface area contributed by atoms with E-state index >= 15 is 0 Å². The number of hydrogen-bond donors (Lipinski definition) is 1. The number of nitriles is 1. The summed E-state index contributed by atoms with van der Waals surface area (Å²) in [5, 5.41) is 13.1. The fourth-order valence-corrected chi connectivity index (χ4v) is 4.65. The lowest BCUT2D eigenvalue weighted by Gasteiger charge is -2.29. The summed E-state index contributed by atoms with van der Waals surface area (Å²) >= 11 is 0. The van der Waals surface area contributed by atoms with Gasteiger partial charge in [-0.1, -0.05) is 82.1 Å². The Bertz CT molecular complexity index is 1210. The van der Waals surface area contributed by atoms with E-state index in [-0.39, 0.29) is 5.41 Å².